The summed E-state index contributed by atoms with van der Waals surface area (Å²) in [5, 5.41) is 0. The highest BCUT2D eigenvalue weighted by atomic mass is 16.6. The number of piperazine rings is 2. The topological polar surface area (TPSA) is 82.1 Å². The molecule has 2 aliphatic rings. The summed E-state index contributed by atoms with van der Waals surface area (Å²) in [4.78, 5) is 41.8. The summed E-state index contributed by atoms with van der Waals surface area (Å²) in [6, 6.07) is 1.76. The zero-order valence-electron chi connectivity index (χ0n) is 17.1. The highest BCUT2D eigenvalue weighted by molar-refractivity contribution is 5.92. The number of amides is 2. The first-order valence-corrected chi connectivity index (χ1v) is 10.1. The molecule has 0 saturated carbocycles. The molecular weight excluding hydrogens is 360 g/mol. The highest BCUT2D eigenvalue weighted by Crippen LogP contribution is 2.16. The van der Waals surface area contributed by atoms with Crippen molar-refractivity contribution in [3.05, 3.63) is 17.5 Å². The smallest absolute Gasteiger partial charge is 0.409 e. The van der Waals surface area contributed by atoms with E-state index in [1.54, 1.807) is 17.9 Å². The Balaban J connectivity index is 1.65. The van der Waals surface area contributed by atoms with E-state index in [4.69, 9.17) is 4.74 Å². The molecule has 0 spiro atoms. The van der Waals surface area contributed by atoms with Gasteiger partial charge in [-0.3, -0.25) is 4.79 Å². The van der Waals surface area contributed by atoms with Crippen molar-refractivity contribution in [2.75, 3.05) is 70.4 Å². The van der Waals surface area contributed by atoms with Crippen LogP contribution in [0, 0.1) is 6.92 Å². The van der Waals surface area contributed by atoms with Crippen molar-refractivity contribution in [3.8, 4) is 0 Å². The van der Waals surface area contributed by atoms with E-state index in [0.29, 0.717) is 44.4 Å². The number of carbonyl (C=O) groups excluding carboxylic acids is 2. The molecule has 2 fully saturated rings. The molecule has 0 bridgehead atoms. The maximum atomic E-state index is 12.9. The van der Waals surface area contributed by atoms with Crippen molar-refractivity contribution < 1.29 is 14.3 Å². The third-order valence-electron chi connectivity index (χ3n) is 5.26. The summed E-state index contributed by atoms with van der Waals surface area (Å²) < 4.78 is 5.06. The summed E-state index contributed by atoms with van der Waals surface area (Å²) in [5.41, 5.74) is 1.22. The minimum absolute atomic E-state index is 0.0346. The van der Waals surface area contributed by atoms with Crippen LogP contribution in [0.2, 0.25) is 0 Å². The zero-order valence-corrected chi connectivity index (χ0v) is 17.1. The summed E-state index contributed by atoms with van der Waals surface area (Å²) in [6.07, 6.45) is -0.283. The summed E-state index contributed by atoms with van der Waals surface area (Å²) in [6.45, 7) is 12.8. The van der Waals surface area contributed by atoms with E-state index in [9.17, 15) is 9.59 Å². The number of anilines is 1. The van der Waals surface area contributed by atoms with Gasteiger partial charge in [0, 0.05) is 58.1 Å². The van der Waals surface area contributed by atoms with Crippen LogP contribution in [0.25, 0.3) is 0 Å². The molecule has 2 saturated heterocycles. The van der Waals surface area contributed by atoms with Gasteiger partial charge in [0.15, 0.2) is 0 Å². The maximum Gasteiger partial charge on any atom is 0.409 e. The Hall–Kier alpha value is -2.42. The molecule has 3 heterocycles. The van der Waals surface area contributed by atoms with Gasteiger partial charge < -0.3 is 24.3 Å². The Labute approximate surface area is 166 Å². The van der Waals surface area contributed by atoms with Gasteiger partial charge in [0.1, 0.15) is 5.69 Å². The number of carbonyl (C=O) groups is 2. The first kappa shape index (κ1) is 20.3. The van der Waals surface area contributed by atoms with Crippen molar-refractivity contribution in [3.63, 3.8) is 0 Å². The minimum Gasteiger partial charge on any atom is -0.450 e. The molecule has 0 aromatic carbocycles. The summed E-state index contributed by atoms with van der Waals surface area (Å²) in [5.74, 6) is 0.520. The van der Waals surface area contributed by atoms with Gasteiger partial charge >= 0.3 is 6.09 Å². The fourth-order valence-corrected chi connectivity index (χ4v) is 3.54. The van der Waals surface area contributed by atoms with Crippen LogP contribution < -0.4 is 4.90 Å². The van der Waals surface area contributed by atoms with Crippen LogP contribution in [0.4, 0.5) is 10.7 Å². The van der Waals surface area contributed by atoms with Crippen LogP contribution >= 0.6 is 0 Å². The lowest BCUT2D eigenvalue weighted by atomic mass is 10.2. The van der Waals surface area contributed by atoms with Gasteiger partial charge in [-0.25, -0.2) is 14.8 Å². The predicted molar refractivity (Wildman–Crippen MR) is 106 cm³/mol. The third-order valence-corrected chi connectivity index (χ3v) is 5.26. The Morgan fingerprint density at radius 1 is 0.964 bits per heavy atom. The average molecular weight is 390 g/mol. The number of aromatic nitrogens is 2. The molecule has 2 amide bonds. The zero-order chi connectivity index (χ0) is 20.1. The lowest BCUT2D eigenvalue weighted by Gasteiger charge is -2.35. The highest BCUT2D eigenvalue weighted by Gasteiger charge is 2.26. The lowest BCUT2D eigenvalue weighted by Crippen LogP contribution is -2.50. The van der Waals surface area contributed by atoms with Crippen LogP contribution in [0.3, 0.4) is 0 Å². The maximum absolute atomic E-state index is 12.9. The standard InChI is InChI=1S/C19H30N6O3/c1-4-22-6-8-23(9-7-22)17(26)16-14-15(3)20-18(21-16)24-10-12-25(13-11-24)19(27)28-5-2/h14H,4-13H2,1-3H3. The number of aryl methyl sites for hydroxylation is 1. The first-order chi connectivity index (χ1) is 13.5. The quantitative estimate of drug-likeness (QED) is 0.753. The Morgan fingerprint density at radius 3 is 2.21 bits per heavy atom. The summed E-state index contributed by atoms with van der Waals surface area (Å²) >= 11 is 0. The molecule has 9 heteroatoms. The van der Waals surface area contributed by atoms with E-state index in [1.807, 2.05) is 16.7 Å². The molecule has 154 valence electrons. The van der Waals surface area contributed by atoms with E-state index in [-0.39, 0.29) is 12.0 Å². The molecule has 9 nitrogen and oxygen atoms in total. The van der Waals surface area contributed by atoms with Crippen LogP contribution in [-0.4, -0.2) is 102 Å². The second-order valence-corrected chi connectivity index (χ2v) is 7.09. The van der Waals surface area contributed by atoms with Crippen LogP contribution in [0.5, 0.6) is 0 Å². The Bertz CT molecular complexity index is 697. The van der Waals surface area contributed by atoms with Gasteiger partial charge in [0.25, 0.3) is 5.91 Å². The van der Waals surface area contributed by atoms with Gasteiger partial charge in [-0.1, -0.05) is 6.92 Å². The van der Waals surface area contributed by atoms with Crippen molar-refractivity contribution in [2.45, 2.75) is 20.8 Å². The van der Waals surface area contributed by atoms with Crippen molar-refractivity contribution in [2.24, 2.45) is 0 Å². The normalized spacial score (nSPS) is 18.3. The number of nitrogens with zero attached hydrogens (tertiary/aromatic N) is 6. The van der Waals surface area contributed by atoms with Crippen LogP contribution in [-0.2, 0) is 4.74 Å². The molecule has 0 aliphatic carbocycles. The number of likely N-dealkylation sites (N-methyl/N-ethyl adjacent to an activating group) is 1. The van der Waals surface area contributed by atoms with E-state index < -0.39 is 0 Å². The molecule has 28 heavy (non-hydrogen) atoms. The predicted octanol–water partition coefficient (Wildman–Crippen LogP) is 0.841. The molecular formula is C19H30N6O3. The van der Waals surface area contributed by atoms with E-state index in [1.165, 1.54) is 0 Å². The second-order valence-electron chi connectivity index (χ2n) is 7.09. The summed E-state index contributed by atoms with van der Waals surface area (Å²) in [7, 11) is 0. The van der Waals surface area contributed by atoms with E-state index in [2.05, 4.69) is 21.8 Å². The fourth-order valence-electron chi connectivity index (χ4n) is 3.54. The minimum atomic E-state index is -0.283. The van der Waals surface area contributed by atoms with Gasteiger partial charge in [-0.2, -0.15) is 0 Å². The molecule has 1 aromatic heterocycles. The SMILES string of the molecule is CCOC(=O)N1CCN(c2nc(C)cc(C(=O)N3CCN(CC)CC3)n2)CC1. The van der Waals surface area contributed by atoms with E-state index in [0.717, 1.165) is 38.4 Å². The molecule has 0 N–H and O–H groups in total. The van der Waals surface area contributed by atoms with E-state index >= 15 is 0 Å². The number of hydrogen-bond donors (Lipinski definition) is 0. The molecule has 1 aromatic rings. The fraction of sp³-hybridized carbons (Fsp3) is 0.684. The molecule has 2 aliphatic heterocycles. The second kappa shape index (κ2) is 9.18. The monoisotopic (exact) mass is 390 g/mol. The van der Waals surface area contributed by atoms with Crippen LogP contribution in [0.15, 0.2) is 6.07 Å². The van der Waals surface area contributed by atoms with Gasteiger partial charge in [-0.05, 0) is 26.5 Å². The third kappa shape index (κ3) is 4.70. The molecule has 3 rings (SSSR count). The molecule has 0 atom stereocenters. The largest absolute Gasteiger partial charge is 0.450 e. The lowest BCUT2D eigenvalue weighted by molar-refractivity contribution is 0.0637. The average Bonchev–Trinajstić information content (AvgIpc) is 2.73. The van der Waals surface area contributed by atoms with Gasteiger partial charge in [-0.15, -0.1) is 0 Å². The van der Waals surface area contributed by atoms with Gasteiger partial charge in [0.05, 0.1) is 6.61 Å². The van der Waals surface area contributed by atoms with Crippen molar-refractivity contribution in [1.29, 1.82) is 0 Å². The molecule has 0 unspecified atom stereocenters. The Kier molecular flexibility index (Phi) is 6.66. The Morgan fingerprint density at radius 2 is 1.61 bits per heavy atom. The molecule has 0 radical (unpaired) electrons. The van der Waals surface area contributed by atoms with Crippen LogP contribution in [0.1, 0.15) is 30.0 Å². The first-order valence-electron chi connectivity index (χ1n) is 10.1. The number of ether oxygens (including phenoxy) is 1. The number of hydrogen-bond acceptors (Lipinski definition) is 7. The van der Waals surface area contributed by atoms with Crippen molar-refractivity contribution in [1.82, 2.24) is 24.7 Å². The van der Waals surface area contributed by atoms with Gasteiger partial charge in [0.2, 0.25) is 5.95 Å². The number of rotatable bonds is 4. The van der Waals surface area contributed by atoms with Crippen molar-refractivity contribution >= 4 is 17.9 Å².